The minimum Gasteiger partial charge on any atom is -0.508 e. The molecule has 2 heterocycles. The van der Waals surface area contributed by atoms with Gasteiger partial charge in [0.25, 0.3) is 11.8 Å². The molecular weight excluding hydrogens is 434 g/mol. The van der Waals surface area contributed by atoms with Crippen LogP contribution < -0.4 is 14.4 Å². The molecule has 0 unspecified atom stereocenters. The molecule has 2 aliphatic heterocycles. The Kier molecular flexibility index (Phi) is 7.79. The maximum absolute atomic E-state index is 12.9. The highest BCUT2D eigenvalue weighted by Crippen LogP contribution is 2.38. The molecule has 0 saturated heterocycles. The van der Waals surface area contributed by atoms with Crippen molar-refractivity contribution in [3.8, 4) is 17.6 Å². The van der Waals surface area contributed by atoms with E-state index in [2.05, 4.69) is 0 Å². The average Bonchev–Trinajstić information content (AvgIpc) is 3.22. The van der Waals surface area contributed by atoms with Gasteiger partial charge in [0, 0.05) is 36.6 Å². The van der Waals surface area contributed by atoms with Crippen molar-refractivity contribution in [3.63, 3.8) is 0 Å². The molecule has 8 nitrogen and oxygen atoms in total. The summed E-state index contributed by atoms with van der Waals surface area (Å²) in [4.78, 5) is 28.5. The first-order chi connectivity index (χ1) is 16.4. The summed E-state index contributed by atoms with van der Waals surface area (Å²) in [6.45, 7) is 4.49. The van der Waals surface area contributed by atoms with Crippen molar-refractivity contribution in [2.24, 2.45) is 0 Å². The second-order valence-electron chi connectivity index (χ2n) is 8.00. The Bertz CT molecular complexity index is 1150. The summed E-state index contributed by atoms with van der Waals surface area (Å²) >= 11 is 0. The number of fused-ring (bicyclic) bond motifs is 1. The fourth-order valence-corrected chi connectivity index (χ4v) is 3.98. The summed E-state index contributed by atoms with van der Waals surface area (Å²) in [5.74, 6) is 0.0677. The Morgan fingerprint density at radius 3 is 2.56 bits per heavy atom. The van der Waals surface area contributed by atoms with Gasteiger partial charge in [0.2, 0.25) is 0 Å². The molecule has 0 saturated carbocycles. The Labute approximate surface area is 199 Å². The smallest absolute Gasteiger partial charge is 0.271 e. The number of methoxy groups -OCH3 is 2. The van der Waals surface area contributed by atoms with Crippen molar-refractivity contribution >= 4 is 17.5 Å². The first-order valence-electron chi connectivity index (χ1n) is 11.1. The van der Waals surface area contributed by atoms with Crippen LogP contribution in [0.25, 0.3) is 0 Å². The Balaban J connectivity index is 1.84. The van der Waals surface area contributed by atoms with E-state index in [1.807, 2.05) is 36.2 Å². The normalized spacial score (nSPS) is 17.6. The number of carbonyl (C=O) groups excluding carboxylic acids is 2. The molecule has 178 valence electrons. The standard InChI is InChI=1S/C26H29N3O5/c1-5-6-11-29-25(31)20(17(2)21(16-27)26(29)32)14-19(30)8-7-10-28-12-9-18-13-23(33-3)24(34-4)15-22(18)28/h7-8,10,13-15,30H,5-6,9,11-12H2,1-4H3/b10-7+,19-8-,20-14-. The molecule has 0 spiro atoms. The number of rotatable bonds is 8. The maximum atomic E-state index is 12.9. The lowest BCUT2D eigenvalue weighted by Crippen LogP contribution is -2.43. The zero-order valence-corrected chi connectivity index (χ0v) is 19.9. The van der Waals surface area contributed by atoms with Crippen molar-refractivity contribution in [2.75, 3.05) is 32.2 Å². The first kappa shape index (κ1) is 24.6. The molecule has 2 amide bonds. The molecule has 0 atom stereocenters. The third-order valence-corrected chi connectivity index (χ3v) is 5.90. The molecule has 1 N–H and O–H groups in total. The number of hydrogen-bond donors (Lipinski definition) is 1. The van der Waals surface area contributed by atoms with Crippen molar-refractivity contribution in [3.05, 3.63) is 64.6 Å². The average molecular weight is 464 g/mol. The molecule has 1 aromatic carbocycles. The number of anilines is 1. The van der Waals surface area contributed by atoms with Crippen LogP contribution >= 0.6 is 0 Å². The van der Waals surface area contributed by atoms with Crippen molar-refractivity contribution in [1.29, 1.82) is 5.26 Å². The number of allylic oxidation sites excluding steroid dienone is 3. The molecule has 3 rings (SSSR count). The van der Waals surface area contributed by atoms with E-state index in [-0.39, 0.29) is 29.0 Å². The van der Waals surface area contributed by atoms with Gasteiger partial charge in [-0.2, -0.15) is 5.26 Å². The van der Waals surface area contributed by atoms with Crippen LogP contribution in [0.4, 0.5) is 5.69 Å². The van der Waals surface area contributed by atoms with E-state index >= 15 is 0 Å². The highest BCUT2D eigenvalue weighted by Gasteiger charge is 2.35. The zero-order chi connectivity index (χ0) is 24.8. The highest BCUT2D eigenvalue weighted by molar-refractivity contribution is 6.18. The Hall–Kier alpha value is -3.99. The van der Waals surface area contributed by atoms with Crippen LogP contribution in [-0.4, -0.2) is 49.1 Å². The molecule has 0 aliphatic carbocycles. The van der Waals surface area contributed by atoms with Gasteiger partial charge in [-0.3, -0.25) is 14.5 Å². The summed E-state index contributed by atoms with van der Waals surface area (Å²) in [5, 5.41) is 19.9. The van der Waals surface area contributed by atoms with E-state index in [1.165, 1.54) is 12.2 Å². The van der Waals surface area contributed by atoms with E-state index in [0.717, 1.165) is 35.5 Å². The zero-order valence-electron chi connectivity index (χ0n) is 19.9. The molecule has 8 heteroatoms. The van der Waals surface area contributed by atoms with Crippen LogP contribution in [-0.2, 0) is 16.0 Å². The van der Waals surface area contributed by atoms with Gasteiger partial charge in [0.15, 0.2) is 11.5 Å². The van der Waals surface area contributed by atoms with Gasteiger partial charge in [-0.05, 0) is 55.2 Å². The van der Waals surface area contributed by atoms with Crippen LogP contribution in [0.2, 0.25) is 0 Å². The predicted molar refractivity (Wildman–Crippen MR) is 128 cm³/mol. The van der Waals surface area contributed by atoms with Crippen LogP contribution in [0.15, 0.2) is 59.0 Å². The Morgan fingerprint density at radius 2 is 1.91 bits per heavy atom. The van der Waals surface area contributed by atoms with Gasteiger partial charge in [-0.25, -0.2) is 0 Å². The van der Waals surface area contributed by atoms with E-state index in [4.69, 9.17) is 9.47 Å². The number of ether oxygens (including phenoxy) is 2. The number of amides is 2. The van der Waals surface area contributed by atoms with Gasteiger partial charge in [-0.1, -0.05) is 13.3 Å². The highest BCUT2D eigenvalue weighted by atomic mass is 16.5. The fourth-order valence-electron chi connectivity index (χ4n) is 3.98. The minimum atomic E-state index is -0.585. The van der Waals surface area contributed by atoms with Crippen LogP contribution in [0.1, 0.15) is 32.3 Å². The SMILES string of the molecule is CCCCN1C(=O)C(C#N)=C(C)/C(=C/C(O)=C/C=C/N2CCc3cc(OC)c(OC)cc32)C1=O. The molecular formula is C26H29N3O5. The monoisotopic (exact) mass is 463 g/mol. The minimum absolute atomic E-state index is 0.0802. The lowest BCUT2D eigenvalue weighted by Gasteiger charge is -2.27. The van der Waals surface area contributed by atoms with Gasteiger partial charge < -0.3 is 19.5 Å². The quantitative estimate of drug-likeness (QED) is 0.269. The van der Waals surface area contributed by atoms with E-state index in [9.17, 15) is 20.0 Å². The molecule has 0 bridgehead atoms. The number of carbonyl (C=O) groups is 2. The third kappa shape index (κ3) is 4.84. The van der Waals surface area contributed by atoms with Crippen molar-refractivity contribution < 1.29 is 24.2 Å². The molecule has 0 fully saturated rings. The number of benzene rings is 1. The second-order valence-corrected chi connectivity index (χ2v) is 8.00. The molecule has 1 aromatic rings. The van der Waals surface area contributed by atoms with E-state index < -0.39 is 11.8 Å². The summed E-state index contributed by atoms with van der Waals surface area (Å²) in [5.41, 5.74) is 2.45. The van der Waals surface area contributed by atoms with Gasteiger partial charge in [0.05, 0.1) is 14.2 Å². The summed E-state index contributed by atoms with van der Waals surface area (Å²) in [7, 11) is 3.19. The van der Waals surface area contributed by atoms with Crippen LogP contribution in [0, 0.1) is 11.3 Å². The van der Waals surface area contributed by atoms with E-state index in [1.54, 1.807) is 27.2 Å². The predicted octanol–water partition coefficient (Wildman–Crippen LogP) is 3.96. The maximum Gasteiger partial charge on any atom is 0.271 e. The number of hydrogen-bond acceptors (Lipinski definition) is 7. The lowest BCUT2D eigenvalue weighted by atomic mass is 9.94. The van der Waals surface area contributed by atoms with Crippen LogP contribution in [0.5, 0.6) is 11.5 Å². The number of nitriles is 1. The molecule has 34 heavy (non-hydrogen) atoms. The third-order valence-electron chi connectivity index (χ3n) is 5.90. The summed E-state index contributed by atoms with van der Waals surface area (Å²) in [6, 6.07) is 5.77. The first-order valence-corrected chi connectivity index (χ1v) is 11.1. The van der Waals surface area contributed by atoms with Crippen molar-refractivity contribution in [1.82, 2.24) is 4.90 Å². The second kappa shape index (κ2) is 10.8. The van der Waals surface area contributed by atoms with Crippen molar-refractivity contribution in [2.45, 2.75) is 33.1 Å². The number of nitrogens with zero attached hydrogens (tertiary/aromatic N) is 3. The number of imide groups is 1. The van der Waals surface area contributed by atoms with Gasteiger partial charge >= 0.3 is 0 Å². The fraction of sp³-hybridized carbons (Fsp3) is 0.346. The topological polar surface area (TPSA) is 103 Å². The molecule has 2 aliphatic rings. The molecule has 0 radical (unpaired) electrons. The van der Waals surface area contributed by atoms with Gasteiger partial charge in [-0.15, -0.1) is 0 Å². The lowest BCUT2D eigenvalue weighted by molar-refractivity contribution is -0.140. The number of aliphatic hydroxyl groups is 1. The molecule has 0 aromatic heterocycles. The Morgan fingerprint density at radius 1 is 1.21 bits per heavy atom. The van der Waals surface area contributed by atoms with Crippen LogP contribution in [0.3, 0.4) is 0 Å². The summed E-state index contributed by atoms with van der Waals surface area (Å²) < 4.78 is 10.8. The van der Waals surface area contributed by atoms with Gasteiger partial charge in [0.1, 0.15) is 17.4 Å². The largest absolute Gasteiger partial charge is 0.508 e. The number of aliphatic hydroxyl groups excluding tert-OH is 1. The number of unbranched alkanes of at least 4 members (excludes halogenated alkanes) is 1. The summed E-state index contributed by atoms with van der Waals surface area (Å²) in [6.07, 6.45) is 8.56. The van der Waals surface area contributed by atoms with E-state index in [0.29, 0.717) is 17.9 Å².